The van der Waals surface area contributed by atoms with E-state index in [2.05, 4.69) is 11.8 Å². The fourth-order valence-corrected chi connectivity index (χ4v) is 3.16. The Morgan fingerprint density at radius 1 is 1.24 bits per heavy atom. The summed E-state index contributed by atoms with van der Waals surface area (Å²) < 4.78 is 5.82. The van der Waals surface area contributed by atoms with Gasteiger partial charge < -0.3 is 9.84 Å². The molecule has 0 amide bonds. The number of hydrogen-bond donors (Lipinski definition) is 1. The van der Waals surface area contributed by atoms with Gasteiger partial charge in [0.05, 0.1) is 12.2 Å². The smallest absolute Gasteiger partial charge is 0.0702 e. The number of aliphatic hydroxyl groups excluding tert-OH is 1. The minimum atomic E-state index is -0.154. The highest BCUT2D eigenvalue weighted by Gasteiger charge is 2.29. The van der Waals surface area contributed by atoms with Crippen LogP contribution in [-0.2, 0) is 4.74 Å². The molecule has 0 aromatic rings. The molecule has 0 aromatic heterocycles. The summed E-state index contributed by atoms with van der Waals surface area (Å²) in [5, 5.41) is 10.1. The van der Waals surface area contributed by atoms with E-state index in [1.54, 1.807) is 0 Å². The topological polar surface area (TPSA) is 32.7 Å². The third-order valence-electron chi connectivity index (χ3n) is 4.24. The summed E-state index contributed by atoms with van der Waals surface area (Å²) in [6.07, 6.45) is 8.55. The normalized spacial score (nSPS) is 33.5. The number of likely N-dealkylation sites (tertiary alicyclic amines) is 1. The Kier molecular flexibility index (Phi) is 5.26. The minimum Gasteiger partial charge on any atom is -0.392 e. The molecule has 100 valence electrons. The van der Waals surface area contributed by atoms with E-state index in [1.807, 2.05) is 0 Å². The number of ether oxygens (including phenoxy) is 1. The van der Waals surface area contributed by atoms with Crippen LogP contribution in [0.3, 0.4) is 0 Å². The lowest BCUT2D eigenvalue weighted by atomic mass is 9.95. The fraction of sp³-hybridized carbons (Fsp3) is 1.00. The molecule has 3 unspecified atom stereocenters. The first-order valence-electron chi connectivity index (χ1n) is 7.35. The molecule has 2 rings (SSSR count). The average molecular weight is 241 g/mol. The van der Waals surface area contributed by atoms with Crippen molar-refractivity contribution in [1.82, 2.24) is 4.90 Å². The van der Waals surface area contributed by atoms with E-state index in [1.165, 1.54) is 32.1 Å². The average Bonchev–Trinajstić information content (AvgIpc) is 2.40. The first-order valence-corrected chi connectivity index (χ1v) is 7.35. The Hall–Kier alpha value is -0.120. The first kappa shape index (κ1) is 13.3. The summed E-state index contributed by atoms with van der Waals surface area (Å²) in [6.45, 7) is 5.18. The molecule has 3 atom stereocenters. The van der Waals surface area contributed by atoms with Gasteiger partial charge in [0.25, 0.3) is 0 Å². The molecule has 0 aliphatic carbocycles. The Balaban J connectivity index is 1.86. The zero-order valence-corrected chi connectivity index (χ0v) is 11.1. The maximum absolute atomic E-state index is 10.1. The van der Waals surface area contributed by atoms with E-state index in [0.29, 0.717) is 12.1 Å². The Bertz CT molecular complexity index is 216. The molecule has 2 heterocycles. The van der Waals surface area contributed by atoms with Gasteiger partial charge in [-0.1, -0.05) is 13.3 Å². The van der Waals surface area contributed by atoms with Crippen molar-refractivity contribution in [2.24, 2.45) is 0 Å². The lowest BCUT2D eigenvalue weighted by Crippen LogP contribution is -2.50. The van der Waals surface area contributed by atoms with Crippen LogP contribution in [0.25, 0.3) is 0 Å². The second-order valence-electron chi connectivity index (χ2n) is 5.52. The van der Waals surface area contributed by atoms with Crippen LogP contribution in [0.15, 0.2) is 0 Å². The van der Waals surface area contributed by atoms with Crippen LogP contribution >= 0.6 is 0 Å². The lowest BCUT2D eigenvalue weighted by Gasteiger charge is -2.40. The number of hydrogen-bond acceptors (Lipinski definition) is 3. The van der Waals surface area contributed by atoms with Crippen molar-refractivity contribution >= 4 is 0 Å². The molecule has 0 radical (unpaired) electrons. The van der Waals surface area contributed by atoms with Crippen LogP contribution in [0, 0.1) is 0 Å². The third kappa shape index (κ3) is 3.67. The fourth-order valence-electron chi connectivity index (χ4n) is 3.16. The molecule has 0 aromatic carbocycles. The zero-order valence-electron chi connectivity index (χ0n) is 11.1. The van der Waals surface area contributed by atoms with Crippen molar-refractivity contribution in [2.75, 3.05) is 19.7 Å². The van der Waals surface area contributed by atoms with Crippen LogP contribution in [0.1, 0.15) is 51.9 Å². The summed E-state index contributed by atoms with van der Waals surface area (Å²) in [5.74, 6) is 0. The molecule has 2 saturated heterocycles. The van der Waals surface area contributed by atoms with Crippen molar-refractivity contribution in [2.45, 2.75) is 70.1 Å². The summed E-state index contributed by atoms with van der Waals surface area (Å²) in [6, 6.07) is 0.374. The summed E-state index contributed by atoms with van der Waals surface area (Å²) in [4.78, 5) is 2.48. The molecule has 2 aliphatic rings. The van der Waals surface area contributed by atoms with Crippen molar-refractivity contribution < 1.29 is 9.84 Å². The van der Waals surface area contributed by atoms with Gasteiger partial charge in [-0.3, -0.25) is 4.90 Å². The van der Waals surface area contributed by atoms with Crippen LogP contribution in [0.2, 0.25) is 0 Å². The van der Waals surface area contributed by atoms with Crippen LogP contribution < -0.4 is 0 Å². The highest BCUT2D eigenvalue weighted by molar-refractivity contribution is 4.84. The van der Waals surface area contributed by atoms with Crippen molar-refractivity contribution in [3.8, 4) is 0 Å². The maximum atomic E-state index is 10.1. The molecule has 2 aliphatic heterocycles. The van der Waals surface area contributed by atoms with Gasteiger partial charge in [0.15, 0.2) is 0 Å². The molecule has 0 spiro atoms. The van der Waals surface area contributed by atoms with E-state index in [9.17, 15) is 5.11 Å². The SMILES string of the molecule is CCC(O)C1CCCCN1CC1CCCCO1. The molecule has 17 heavy (non-hydrogen) atoms. The number of nitrogens with zero attached hydrogens (tertiary/aromatic N) is 1. The third-order valence-corrected chi connectivity index (χ3v) is 4.24. The Morgan fingerprint density at radius 3 is 2.76 bits per heavy atom. The molecular formula is C14H27NO2. The monoisotopic (exact) mass is 241 g/mol. The van der Waals surface area contributed by atoms with E-state index in [0.717, 1.165) is 32.5 Å². The van der Waals surface area contributed by atoms with E-state index >= 15 is 0 Å². The maximum Gasteiger partial charge on any atom is 0.0702 e. The van der Waals surface area contributed by atoms with Crippen molar-refractivity contribution in [3.05, 3.63) is 0 Å². The first-order chi connectivity index (χ1) is 8.31. The van der Waals surface area contributed by atoms with Gasteiger partial charge in [-0.25, -0.2) is 0 Å². The highest BCUT2D eigenvalue weighted by Crippen LogP contribution is 2.23. The lowest BCUT2D eigenvalue weighted by molar-refractivity contribution is -0.0411. The summed E-state index contributed by atoms with van der Waals surface area (Å²) in [7, 11) is 0. The molecule has 0 saturated carbocycles. The second-order valence-corrected chi connectivity index (χ2v) is 5.52. The van der Waals surface area contributed by atoms with Crippen molar-refractivity contribution in [1.29, 1.82) is 0 Å². The largest absolute Gasteiger partial charge is 0.392 e. The predicted molar refractivity (Wildman–Crippen MR) is 69.1 cm³/mol. The second kappa shape index (κ2) is 6.72. The minimum absolute atomic E-state index is 0.154. The van der Waals surface area contributed by atoms with Gasteiger partial charge in [-0.2, -0.15) is 0 Å². The molecule has 3 heteroatoms. The Labute approximate surface area is 105 Å². The number of rotatable bonds is 4. The summed E-state index contributed by atoms with van der Waals surface area (Å²) >= 11 is 0. The standard InChI is InChI=1S/C14H27NO2/c1-2-14(16)13-8-3-5-9-15(13)11-12-7-4-6-10-17-12/h12-14,16H,2-11H2,1H3. The van der Waals surface area contributed by atoms with Gasteiger partial charge in [0, 0.05) is 19.2 Å². The Morgan fingerprint density at radius 2 is 2.06 bits per heavy atom. The van der Waals surface area contributed by atoms with Crippen LogP contribution in [0.4, 0.5) is 0 Å². The molecule has 0 bridgehead atoms. The van der Waals surface area contributed by atoms with Crippen LogP contribution in [0.5, 0.6) is 0 Å². The zero-order chi connectivity index (χ0) is 12.1. The molecule has 1 N–H and O–H groups in total. The van der Waals surface area contributed by atoms with Gasteiger partial charge in [-0.15, -0.1) is 0 Å². The van der Waals surface area contributed by atoms with Gasteiger partial charge in [0.2, 0.25) is 0 Å². The number of aliphatic hydroxyl groups is 1. The quantitative estimate of drug-likeness (QED) is 0.819. The highest BCUT2D eigenvalue weighted by atomic mass is 16.5. The van der Waals surface area contributed by atoms with Gasteiger partial charge >= 0.3 is 0 Å². The van der Waals surface area contributed by atoms with E-state index in [4.69, 9.17) is 4.74 Å². The van der Waals surface area contributed by atoms with Crippen molar-refractivity contribution in [3.63, 3.8) is 0 Å². The predicted octanol–water partition coefficient (Wildman–Crippen LogP) is 2.18. The van der Waals surface area contributed by atoms with Gasteiger partial charge in [-0.05, 0) is 45.1 Å². The molecular weight excluding hydrogens is 214 g/mol. The molecule has 3 nitrogen and oxygen atoms in total. The number of piperidine rings is 1. The van der Waals surface area contributed by atoms with Gasteiger partial charge in [0.1, 0.15) is 0 Å². The van der Waals surface area contributed by atoms with E-state index < -0.39 is 0 Å². The summed E-state index contributed by atoms with van der Waals surface area (Å²) in [5.41, 5.74) is 0. The van der Waals surface area contributed by atoms with Crippen LogP contribution in [-0.4, -0.2) is 48.0 Å². The molecule has 2 fully saturated rings. The van der Waals surface area contributed by atoms with E-state index in [-0.39, 0.29) is 6.10 Å².